The zero-order chi connectivity index (χ0) is 11.2. The van der Waals surface area contributed by atoms with Gasteiger partial charge in [0.2, 0.25) is 0 Å². The fraction of sp³-hybridized carbons (Fsp3) is 0.900. The summed E-state index contributed by atoms with van der Waals surface area (Å²) in [5.41, 5.74) is 0. The van der Waals surface area contributed by atoms with E-state index in [2.05, 4.69) is 0 Å². The first-order valence-corrected chi connectivity index (χ1v) is 5.49. The molecular weight excluding hydrogens is 204 g/mol. The molecule has 0 radical (unpaired) electrons. The Balaban J connectivity index is 0. The molecule has 0 atom stereocenters. The van der Waals surface area contributed by atoms with Crippen LogP contribution in [-0.2, 0) is 14.3 Å². The van der Waals surface area contributed by atoms with Gasteiger partial charge in [0, 0.05) is 25.5 Å². The summed E-state index contributed by atoms with van der Waals surface area (Å²) >= 11 is 5.22. The van der Waals surface area contributed by atoms with Crippen molar-refractivity contribution in [3.8, 4) is 0 Å². The molecule has 0 bridgehead atoms. The molecule has 0 spiro atoms. The van der Waals surface area contributed by atoms with Gasteiger partial charge in [-0.25, -0.2) is 0 Å². The van der Waals surface area contributed by atoms with Crippen molar-refractivity contribution in [2.45, 2.75) is 39.9 Å². The van der Waals surface area contributed by atoms with Crippen LogP contribution in [0.4, 0.5) is 0 Å². The predicted molar refractivity (Wildman–Crippen MR) is 58.7 cm³/mol. The van der Waals surface area contributed by atoms with Crippen LogP contribution in [0.1, 0.15) is 33.6 Å². The van der Waals surface area contributed by atoms with Crippen molar-refractivity contribution in [2.75, 3.05) is 19.1 Å². The summed E-state index contributed by atoms with van der Waals surface area (Å²) in [7, 11) is 0. The first-order valence-electron chi connectivity index (χ1n) is 4.95. The molecule has 0 amide bonds. The minimum atomic E-state index is -0.0370. The van der Waals surface area contributed by atoms with E-state index in [1.54, 1.807) is 0 Å². The predicted octanol–water partition coefficient (Wildman–Crippen LogP) is 2.61. The summed E-state index contributed by atoms with van der Waals surface area (Å²) in [5.74, 6) is 0.596. The van der Waals surface area contributed by atoms with Gasteiger partial charge >= 0.3 is 0 Å². The molecule has 4 heteroatoms. The van der Waals surface area contributed by atoms with E-state index >= 15 is 0 Å². The topological polar surface area (TPSA) is 35.5 Å². The highest BCUT2D eigenvalue weighted by atomic mass is 35.5. The van der Waals surface area contributed by atoms with Crippen LogP contribution in [-0.4, -0.2) is 31.7 Å². The zero-order valence-electron chi connectivity index (χ0n) is 9.29. The Kier molecular flexibility index (Phi) is 17.9. The van der Waals surface area contributed by atoms with E-state index in [9.17, 15) is 4.79 Å². The Labute approximate surface area is 91.7 Å². The van der Waals surface area contributed by atoms with Gasteiger partial charge in [-0.3, -0.25) is 0 Å². The number of carbonyl (C=O) groups excluding carboxylic acids is 1. The molecular formula is C10H21ClO3. The van der Waals surface area contributed by atoms with Gasteiger partial charge < -0.3 is 14.3 Å². The number of hydrogen-bond donors (Lipinski definition) is 0. The van der Waals surface area contributed by atoms with E-state index in [0.717, 1.165) is 25.9 Å². The molecule has 86 valence electrons. The minimum absolute atomic E-state index is 0.0370. The van der Waals surface area contributed by atoms with E-state index in [0.29, 0.717) is 12.3 Å². The van der Waals surface area contributed by atoms with Gasteiger partial charge in [0.25, 0.3) is 0 Å². The second-order valence-corrected chi connectivity index (χ2v) is 2.85. The number of unbranched alkanes of at least 4 members (excludes halogenated alkanes) is 1. The molecule has 3 nitrogen and oxygen atoms in total. The highest BCUT2D eigenvalue weighted by molar-refractivity contribution is 6.17. The Morgan fingerprint density at radius 1 is 1.29 bits per heavy atom. The fourth-order valence-electron chi connectivity index (χ4n) is 0.678. The smallest absolute Gasteiger partial charge is 0.154 e. The molecule has 0 aromatic rings. The van der Waals surface area contributed by atoms with Crippen LogP contribution in [0.5, 0.6) is 0 Å². The highest BCUT2D eigenvalue weighted by Gasteiger charge is 1.94. The molecule has 0 fully saturated rings. The molecule has 0 aliphatic heterocycles. The zero-order valence-corrected chi connectivity index (χ0v) is 10.0. The fourth-order valence-corrected chi connectivity index (χ4v) is 0.832. The maximum atomic E-state index is 9.51. The van der Waals surface area contributed by atoms with Crippen molar-refractivity contribution in [1.82, 2.24) is 0 Å². The van der Waals surface area contributed by atoms with Crippen molar-refractivity contribution in [1.29, 1.82) is 0 Å². The summed E-state index contributed by atoms with van der Waals surface area (Å²) in [6, 6.07) is 0. The van der Waals surface area contributed by atoms with Crippen LogP contribution in [0, 0.1) is 0 Å². The van der Waals surface area contributed by atoms with Gasteiger partial charge in [0.05, 0.1) is 0 Å². The summed E-state index contributed by atoms with van der Waals surface area (Å²) < 4.78 is 10.1. The molecule has 0 N–H and O–H groups in total. The summed E-state index contributed by atoms with van der Waals surface area (Å²) in [6.45, 7) is 7.25. The lowest BCUT2D eigenvalue weighted by Gasteiger charge is -2.09. The van der Waals surface area contributed by atoms with Gasteiger partial charge in [-0.1, -0.05) is 0 Å². The van der Waals surface area contributed by atoms with Crippen molar-refractivity contribution >= 4 is 17.9 Å². The van der Waals surface area contributed by atoms with E-state index in [4.69, 9.17) is 21.1 Å². The SMILES string of the molecule is CCOC(C)OCC.O=CCCCCl. The molecule has 0 unspecified atom stereocenters. The van der Waals surface area contributed by atoms with Crippen LogP contribution in [0.25, 0.3) is 0 Å². The lowest BCUT2D eigenvalue weighted by molar-refractivity contribution is -0.123. The lowest BCUT2D eigenvalue weighted by atomic mass is 10.4. The number of carbonyl (C=O) groups is 1. The van der Waals surface area contributed by atoms with Gasteiger partial charge in [-0.15, -0.1) is 11.6 Å². The minimum Gasteiger partial charge on any atom is -0.353 e. The Morgan fingerprint density at radius 3 is 2.00 bits per heavy atom. The second-order valence-electron chi connectivity index (χ2n) is 2.48. The molecule has 14 heavy (non-hydrogen) atoms. The van der Waals surface area contributed by atoms with E-state index in [1.165, 1.54) is 0 Å². The lowest BCUT2D eigenvalue weighted by Crippen LogP contribution is -2.11. The maximum absolute atomic E-state index is 9.51. The van der Waals surface area contributed by atoms with Crippen molar-refractivity contribution in [3.05, 3.63) is 0 Å². The third-order valence-corrected chi connectivity index (χ3v) is 1.53. The Hall–Kier alpha value is -0.120. The molecule has 0 aromatic carbocycles. The van der Waals surface area contributed by atoms with Crippen molar-refractivity contribution in [2.24, 2.45) is 0 Å². The standard InChI is InChI=1S/C6H14O2.C4H7ClO/c1-4-7-6(3)8-5-2;5-3-1-2-4-6/h6H,4-5H2,1-3H3;4H,1-3H2. The van der Waals surface area contributed by atoms with E-state index in [1.807, 2.05) is 20.8 Å². The molecule has 0 saturated carbocycles. The highest BCUT2D eigenvalue weighted by Crippen LogP contribution is 1.90. The van der Waals surface area contributed by atoms with Crippen LogP contribution < -0.4 is 0 Å². The quantitative estimate of drug-likeness (QED) is 0.289. The normalized spacial score (nSPS) is 9.50. The van der Waals surface area contributed by atoms with Crippen molar-refractivity contribution in [3.63, 3.8) is 0 Å². The number of hydrogen-bond acceptors (Lipinski definition) is 3. The average molecular weight is 225 g/mol. The molecule has 0 aromatic heterocycles. The van der Waals surface area contributed by atoms with E-state index < -0.39 is 0 Å². The first-order chi connectivity index (χ1) is 6.72. The van der Waals surface area contributed by atoms with Gasteiger partial charge in [-0.2, -0.15) is 0 Å². The van der Waals surface area contributed by atoms with E-state index in [-0.39, 0.29) is 6.29 Å². The number of aldehydes is 1. The van der Waals surface area contributed by atoms with Gasteiger partial charge in [-0.05, 0) is 27.2 Å². The molecule has 0 rings (SSSR count). The molecule has 0 aliphatic rings. The molecule has 0 aliphatic carbocycles. The molecule has 0 heterocycles. The Morgan fingerprint density at radius 2 is 1.79 bits per heavy atom. The summed E-state index contributed by atoms with van der Waals surface area (Å²) in [6.07, 6.45) is 2.25. The Bertz CT molecular complexity index is 104. The third-order valence-electron chi connectivity index (χ3n) is 1.26. The monoisotopic (exact) mass is 224 g/mol. The average Bonchev–Trinajstić information content (AvgIpc) is 2.16. The number of alkyl halides is 1. The third kappa shape index (κ3) is 17.8. The number of rotatable bonds is 7. The summed E-state index contributed by atoms with van der Waals surface area (Å²) in [4.78, 5) is 9.51. The van der Waals surface area contributed by atoms with Crippen LogP contribution >= 0.6 is 11.6 Å². The summed E-state index contributed by atoms with van der Waals surface area (Å²) in [5, 5.41) is 0. The number of halogens is 1. The second kappa shape index (κ2) is 15.4. The van der Waals surface area contributed by atoms with Gasteiger partial charge in [0.15, 0.2) is 6.29 Å². The first kappa shape index (κ1) is 16.3. The van der Waals surface area contributed by atoms with Crippen LogP contribution in [0.2, 0.25) is 0 Å². The van der Waals surface area contributed by atoms with Gasteiger partial charge in [0.1, 0.15) is 6.29 Å². The largest absolute Gasteiger partial charge is 0.353 e. The molecule has 0 saturated heterocycles. The van der Waals surface area contributed by atoms with Crippen LogP contribution in [0.3, 0.4) is 0 Å². The van der Waals surface area contributed by atoms with Crippen molar-refractivity contribution < 1.29 is 14.3 Å². The van der Waals surface area contributed by atoms with Crippen LogP contribution in [0.15, 0.2) is 0 Å². The maximum Gasteiger partial charge on any atom is 0.154 e. The number of ether oxygens (including phenoxy) is 2.